The summed E-state index contributed by atoms with van der Waals surface area (Å²) in [7, 11) is 2.16. The van der Waals surface area contributed by atoms with Crippen LogP contribution in [-0.2, 0) is 4.74 Å². The molecule has 1 fully saturated rings. The molecule has 0 bridgehead atoms. The molecule has 1 saturated carbocycles. The Balaban J connectivity index is 1.50. The summed E-state index contributed by atoms with van der Waals surface area (Å²) in [6.07, 6.45) is 8.24. The minimum Gasteiger partial charge on any atom is -0.380 e. The highest BCUT2D eigenvalue weighted by atomic mass is 16.5. The summed E-state index contributed by atoms with van der Waals surface area (Å²) in [5.74, 6) is 1.52. The lowest BCUT2D eigenvalue weighted by Gasteiger charge is -2.20. The molecule has 2 unspecified atom stereocenters. The molecule has 3 heteroatoms. The van der Waals surface area contributed by atoms with Crippen molar-refractivity contribution in [2.45, 2.75) is 25.3 Å². The monoisotopic (exact) mass is 224 g/mol. The summed E-state index contributed by atoms with van der Waals surface area (Å²) in [6.45, 7) is 3.99. The zero-order chi connectivity index (χ0) is 11.4. The Hall–Kier alpha value is -0.380. The highest BCUT2D eigenvalue weighted by Crippen LogP contribution is 2.28. The predicted molar refractivity (Wildman–Crippen MR) is 66.3 cm³/mol. The Kier molecular flexibility index (Phi) is 4.38. The topological polar surface area (TPSA) is 38.5 Å². The largest absolute Gasteiger partial charge is 0.380 e. The molecule has 2 aliphatic carbocycles. The third-order valence-electron chi connectivity index (χ3n) is 3.42. The molecule has 2 atom stereocenters. The highest BCUT2D eigenvalue weighted by molar-refractivity contribution is 5.05. The molecular weight excluding hydrogens is 200 g/mol. The number of ether oxygens (including phenoxy) is 1. The van der Waals surface area contributed by atoms with Gasteiger partial charge in [0.15, 0.2) is 0 Å². The molecule has 0 aromatic rings. The van der Waals surface area contributed by atoms with Gasteiger partial charge in [-0.25, -0.2) is 0 Å². The lowest BCUT2D eigenvalue weighted by Crippen LogP contribution is -2.29. The van der Waals surface area contributed by atoms with Crippen molar-refractivity contribution in [2.24, 2.45) is 17.6 Å². The summed E-state index contributed by atoms with van der Waals surface area (Å²) >= 11 is 0. The van der Waals surface area contributed by atoms with E-state index in [1.807, 2.05) is 0 Å². The molecule has 0 aliphatic heterocycles. The summed E-state index contributed by atoms with van der Waals surface area (Å²) in [5.41, 5.74) is 5.83. The van der Waals surface area contributed by atoms with E-state index in [1.165, 1.54) is 12.8 Å². The van der Waals surface area contributed by atoms with Crippen LogP contribution in [0.25, 0.3) is 0 Å². The number of rotatable bonds is 7. The van der Waals surface area contributed by atoms with Crippen LogP contribution in [0.1, 0.15) is 19.3 Å². The zero-order valence-corrected chi connectivity index (χ0v) is 10.3. The fourth-order valence-electron chi connectivity index (χ4n) is 2.19. The Bertz CT molecular complexity index is 238. The average Bonchev–Trinajstić information content (AvgIpc) is 2.98. The van der Waals surface area contributed by atoms with E-state index in [1.54, 1.807) is 0 Å². The van der Waals surface area contributed by atoms with E-state index in [0.717, 1.165) is 38.6 Å². The molecule has 3 nitrogen and oxygen atoms in total. The fourth-order valence-corrected chi connectivity index (χ4v) is 2.19. The van der Waals surface area contributed by atoms with Crippen LogP contribution < -0.4 is 5.73 Å². The number of likely N-dealkylation sites (N-methyl/N-ethyl adjacent to an activating group) is 1. The van der Waals surface area contributed by atoms with Gasteiger partial charge in [-0.15, -0.1) is 0 Å². The predicted octanol–water partition coefficient (Wildman–Crippen LogP) is 1.25. The fraction of sp³-hybridized carbons (Fsp3) is 0.846. The zero-order valence-electron chi connectivity index (χ0n) is 10.3. The van der Waals surface area contributed by atoms with Gasteiger partial charge in [0.2, 0.25) is 0 Å². The van der Waals surface area contributed by atoms with Gasteiger partial charge >= 0.3 is 0 Å². The summed E-state index contributed by atoms with van der Waals surface area (Å²) in [6, 6.07) is 0.282. The van der Waals surface area contributed by atoms with Crippen molar-refractivity contribution in [3.05, 3.63) is 12.2 Å². The van der Waals surface area contributed by atoms with Crippen molar-refractivity contribution in [2.75, 3.05) is 33.4 Å². The number of nitrogens with zero attached hydrogens (tertiary/aromatic N) is 1. The number of hydrogen-bond donors (Lipinski definition) is 1. The SMILES string of the molecule is CN(CCOCC1CC1)CC1C=CC(N)C1. The van der Waals surface area contributed by atoms with Crippen molar-refractivity contribution < 1.29 is 4.74 Å². The number of nitrogens with two attached hydrogens (primary N) is 1. The number of hydrogen-bond acceptors (Lipinski definition) is 3. The minimum absolute atomic E-state index is 0.282. The van der Waals surface area contributed by atoms with E-state index >= 15 is 0 Å². The molecule has 0 heterocycles. The second kappa shape index (κ2) is 5.80. The van der Waals surface area contributed by atoms with Gasteiger partial charge in [-0.1, -0.05) is 12.2 Å². The molecule has 0 aromatic carbocycles. The maximum atomic E-state index is 5.83. The van der Waals surface area contributed by atoms with E-state index in [9.17, 15) is 0 Å². The van der Waals surface area contributed by atoms with E-state index in [4.69, 9.17) is 10.5 Å². The molecule has 0 saturated heterocycles. The first kappa shape index (κ1) is 12.1. The van der Waals surface area contributed by atoms with Crippen molar-refractivity contribution in [1.29, 1.82) is 0 Å². The van der Waals surface area contributed by atoms with Crippen LogP contribution in [0.15, 0.2) is 12.2 Å². The van der Waals surface area contributed by atoms with Crippen molar-refractivity contribution >= 4 is 0 Å². The van der Waals surface area contributed by atoms with Crippen LogP contribution in [-0.4, -0.2) is 44.3 Å². The molecule has 2 N–H and O–H groups in total. The van der Waals surface area contributed by atoms with Gasteiger partial charge in [0.25, 0.3) is 0 Å². The summed E-state index contributed by atoms with van der Waals surface area (Å²) in [4.78, 5) is 2.35. The third kappa shape index (κ3) is 4.24. The molecule has 16 heavy (non-hydrogen) atoms. The standard InChI is InChI=1S/C13H24N2O/c1-15(6-7-16-10-11-2-3-11)9-12-4-5-13(14)8-12/h4-5,11-13H,2-3,6-10,14H2,1H3. The van der Waals surface area contributed by atoms with Crippen molar-refractivity contribution in [3.8, 4) is 0 Å². The van der Waals surface area contributed by atoms with Gasteiger partial charge in [0.1, 0.15) is 0 Å². The van der Waals surface area contributed by atoms with Gasteiger partial charge in [-0.2, -0.15) is 0 Å². The normalized spacial score (nSPS) is 29.2. The van der Waals surface area contributed by atoms with Gasteiger partial charge < -0.3 is 15.4 Å². The molecule has 2 rings (SSSR count). The maximum Gasteiger partial charge on any atom is 0.0593 e. The van der Waals surface area contributed by atoms with Crippen LogP contribution in [0.5, 0.6) is 0 Å². The van der Waals surface area contributed by atoms with Gasteiger partial charge in [-0.05, 0) is 38.1 Å². The van der Waals surface area contributed by atoms with E-state index in [-0.39, 0.29) is 6.04 Å². The molecule has 0 aromatic heterocycles. The summed E-state index contributed by atoms with van der Waals surface area (Å²) in [5, 5.41) is 0. The van der Waals surface area contributed by atoms with Crippen LogP contribution in [0.4, 0.5) is 0 Å². The lowest BCUT2D eigenvalue weighted by molar-refractivity contribution is 0.101. The molecule has 0 amide bonds. The van der Waals surface area contributed by atoms with Crippen LogP contribution in [0.3, 0.4) is 0 Å². The highest BCUT2D eigenvalue weighted by Gasteiger charge is 2.21. The quantitative estimate of drug-likeness (QED) is 0.522. The molecule has 92 valence electrons. The second-order valence-electron chi connectivity index (χ2n) is 5.33. The molecule has 2 aliphatic rings. The third-order valence-corrected chi connectivity index (χ3v) is 3.42. The van der Waals surface area contributed by atoms with Crippen molar-refractivity contribution in [1.82, 2.24) is 4.90 Å². The first-order chi connectivity index (χ1) is 7.74. The smallest absolute Gasteiger partial charge is 0.0593 e. The summed E-state index contributed by atoms with van der Waals surface area (Å²) < 4.78 is 5.63. The molecule has 0 radical (unpaired) electrons. The van der Waals surface area contributed by atoms with Crippen LogP contribution in [0, 0.1) is 11.8 Å². The second-order valence-corrected chi connectivity index (χ2v) is 5.33. The minimum atomic E-state index is 0.282. The maximum absolute atomic E-state index is 5.83. The Labute approximate surface area is 98.6 Å². The molecular formula is C13H24N2O. The average molecular weight is 224 g/mol. The first-order valence-electron chi connectivity index (χ1n) is 6.44. The first-order valence-corrected chi connectivity index (χ1v) is 6.44. The molecule has 0 spiro atoms. The Morgan fingerprint density at radius 2 is 2.19 bits per heavy atom. The Morgan fingerprint density at radius 3 is 2.81 bits per heavy atom. The van der Waals surface area contributed by atoms with Crippen LogP contribution in [0.2, 0.25) is 0 Å². The van der Waals surface area contributed by atoms with Gasteiger partial charge in [0.05, 0.1) is 6.61 Å². The van der Waals surface area contributed by atoms with Gasteiger partial charge in [0, 0.05) is 25.7 Å². The van der Waals surface area contributed by atoms with Crippen LogP contribution >= 0.6 is 0 Å². The van der Waals surface area contributed by atoms with E-state index in [0.29, 0.717) is 5.92 Å². The van der Waals surface area contributed by atoms with Gasteiger partial charge in [-0.3, -0.25) is 0 Å². The van der Waals surface area contributed by atoms with E-state index in [2.05, 4.69) is 24.1 Å². The van der Waals surface area contributed by atoms with Crippen molar-refractivity contribution in [3.63, 3.8) is 0 Å². The Morgan fingerprint density at radius 1 is 1.38 bits per heavy atom. The lowest BCUT2D eigenvalue weighted by atomic mass is 10.1. The van der Waals surface area contributed by atoms with E-state index < -0.39 is 0 Å².